The summed E-state index contributed by atoms with van der Waals surface area (Å²) in [5, 5.41) is 17.1. The summed E-state index contributed by atoms with van der Waals surface area (Å²) in [5.41, 5.74) is -0.642. The van der Waals surface area contributed by atoms with E-state index in [9.17, 15) is 5.11 Å². The lowest BCUT2D eigenvalue weighted by atomic mass is 10.0. The second-order valence-corrected chi connectivity index (χ2v) is 3.38. The second-order valence-electron chi connectivity index (χ2n) is 3.38. The van der Waals surface area contributed by atoms with Crippen LogP contribution >= 0.6 is 0 Å². The van der Waals surface area contributed by atoms with Crippen LogP contribution in [0.15, 0.2) is 12.7 Å². The van der Waals surface area contributed by atoms with Gasteiger partial charge in [0.2, 0.25) is 0 Å². The molecule has 1 atom stereocenters. The first kappa shape index (κ1) is 9.19. The molecule has 1 N–H and O–H groups in total. The molecule has 4 nitrogen and oxygen atoms in total. The van der Waals surface area contributed by atoms with Crippen molar-refractivity contribution in [3.8, 4) is 0 Å². The molecule has 0 aliphatic rings. The zero-order chi connectivity index (χ0) is 9.03. The predicted octanol–water partition coefficient (Wildman–Crippen LogP) is 0.829. The van der Waals surface area contributed by atoms with Crippen LogP contribution in [-0.2, 0) is 6.54 Å². The van der Waals surface area contributed by atoms with Crippen molar-refractivity contribution in [2.24, 2.45) is 0 Å². The minimum atomic E-state index is -0.642. The van der Waals surface area contributed by atoms with Crippen LogP contribution < -0.4 is 0 Å². The van der Waals surface area contributed by atoms with Crippen LogP contribution in [0.4, 0.5) is 0 Å². The molecule has 1 aromatic rings. The van der Waals surface area contributed by atoms with E-state index in [-0.39, 0.29) is 0 Å². The van der Waals surface area contributed by atoms with Crippen molar-refractivity contribution in [2.45, 2.75) is 38.8 Å². The van der Waals surface area contributed by atoms with Gasteiger partial charge in [-0.15, -0.1) is 10.2 Å². The molecule has 0 fully saturated rings. The van der Waals surface area contributed by atoms with E-state index in [1.165, 1.54) is 0 Å². The Labute approximate surface area is 72.2 Å². The van der Waals surface area contributed by atoms with Crippen LogP contribution in [-0.4, -0.2) is 25.5 Å². The molecular weight excluding hydrogens is 154 g/mol. The minimum Gasteiger partial charge on any atom is -0.388 e. The first-order valence-electron chi connectivity index (χ1n) is 4.19. The fourth-order valence-electron chi connectivity index (χ4n) is 1.31. The molecule has 0 radical (unpaired) electrons. The van der Waals surface area contributed by atoms with Gasteiger partial charge in [-0.2, -0.15) is 0 Å². The molecule has 0 aliphatic heterocycles. The van der Waals surface area contributed by atoms with E-state index in [2.05, 4.69) is 17.1 Å². The highest BCUT2D eigenvalue weighted by atomic mass is 16.3. The van der Waals surface area contributed by atoms with Crippen LogP contribution in [0.25, 0.3) is 0 Å². The van der Waals surface area contributed by atoms with Gasteiger partial charge in [-0.25, -0.2) is 0 Å². The van der Waals surface area contributed by atoms with Crippen LogP contribution in [0.3, 0.4) is 0 Å². The van der Waals surface area contributed by atoms with E-state index in [1.807, 2.05) is 6.92 Å². The molecule has 0 amide bonds. The van der Waals surface area contributed by atoms with Gasteiger partial charge in [0.1, 0.15) is 12.7 Å². The summed E-state index contributed by atoms with van der Waals surface area (Å²) < 4.78 is 1.79. The Hall–Kier alpha value is -0.900. The van der Waals surface area contributed by atoms with Crippen LogP contribution in [0.2, 0.25) is 0 Å². The summed E-state index contributed by atoms with van der Waals surface area (Å²) in [5.74, 6) is 0. The maximum absolute atomic E-state index is 9.81. The fraction of sp³-hybridized carbons (Fsp3) is 0.750. The molecular formula is C8H15N3O. The highest BCUT2D eigenvalue weighted by Gasteiger charge is 2.19. The van der Waals surface area contributed by atoms with E-state index >= 15 is 0 Å². The maximum Gasteiger partial charge on any atom is 0.119 e. The van der Waals surface area contributed by atoms with Crippen molar-refractivity contribution < 1.29 is 5.11 Å². The van der Waals surface area contributed by atoms with Crippen molar-refractivity contribution in [1.29, 1.82) is 0 Å². The zero-order valence-electron chi connectivity index (χ0n) is 7.56. The summed E-state index contributed by atoms with van der Waals surface area (Å²) >= 11 is 0. The minimum absolute atomic E-state index is 0.563. The summed E-state index contributed by atoms with van der Waals surface area (Å²) in [7, 11) is 0. The lowest BCUT2D eigenvalue weighted by Gasteiger charge is -2.22. The van der Waals surface area contributed by atoms with Crippen LogP contribution in [0.5, 0.6) is 0 Å². The standard InChI is InChI=1S/C8H15N3O/c1-3-4-8(2,12)5-11-6-9-10-7-11/h6-7,12H,3-5H2,1-2H3. The molecule has 0 aliphatic carbocycles. The Morgan fingerprint density at radius 2 is 2.00 bits per heavy atom. The third-order valence-electron chi connectivity index (χ3n) is 1.78. The lowest BCUT2D eigenvalue weighted by Crippen LogP contribution is -2.29. The monoisotopic (exact) mass is 169 g/mol. The zero-order valence-corrected chi connectivity index (χ0v) is 7.56. The van der Waals surface area contributed by atoms with E-state index < -0.39 is 5.60 Å². The summed E-state index contributed by atoms with van der Waals surface area (Å²) in [6.45, 7) is 4.45. The smallest absolute Gasteiger partial charge is 0.119 e. The SMILES string of the molecule is CCCC(C)(O)Cn1cnnc1. The third-order valence-corrected chi connectivity index (χ3v) is 1.78. The number of rotatable bonds is 4. The van der Waals surface area contributed by atoms with Gasteiger partial charge < -0.3 is 9.67 Å². The Morgan fingerprint density at radius 1 is 1.42 bits per heavy atom. The summed E-state index contributed by atoms with van der Waals surface area (Å²) in [6.07, 6.45) is 5.01. The molecule has 0 saturated carbocycles. The highest BCUT2D eigenvalue weighted by Crippen LogP contribution is 2.13. The molecule has 68 valence electrons. The number of aliphatic hydroxyl groups is 1. The fourth-order valence-corrected chi connectivity index (χ4v) is 1.31. The normalized spacial score (nSPS) is 15.9. The van der Waals surface area contributed by atoms with Gasteiger partial charge in [-0.05, 0) is 13.3 Å². The second kappa shape index (κ2) is 3.67. The molecule has 0 bridgehead atoms. The van der Waals surface area contributed by atoms with Gasteiger partial charge in [0.15, 0.2) is 0 Å². The number of aromatic nitrogens is 3. The maximum atomic E-state index is 9.81. The van der Waals surface area contributed by atoms with Crippen molar-refractivity contribution in [3.05, 3.63) is 12.7 Å². The van der Waals surface area contributed by atoms with Crippen LogP contribution in [0, 0.1) is 0 Å². The van der Waals surface area contributed by atoms with Gasteiger partial charge in [-0.1, -0.05) is 13.3 Å². The van der Waals surface area contributed by atoms with Gasteiger partial charge in [0.05, 0.1) is 12.1 Å². The number of hydrogen-bond acceptors (Lipinski definition) is 3. The number of nitrogens with zero attached hydrogens (tertiary/aromatic N) is 3. The average molecular weight is 169 g/mol. The van der Waals surface area contributed by atoms with Gasteiger partial charge >= 0.3 is 0 Å². The van der Waals surface area contributed by atoms with Crippen molar-refractivity contribution in [2.75, 3.05) is 0 Å². The molecule has 0 spiro atoms. The van der Waals surface area contributed by atoms with Crippen molar-refractivity contribution in [3.63, 3.8) is 0 Å². The highest BCUT2D eigenvalue weighted by molar-refractivity contribution is 4.74. The molecule has 0 aromatic carbocycles. The van der Waals surface area contributed by atoms with Gasteiger partial charge in [0, 0.05) is 0 Å². The Kier molecular flexibility index (Phi) is 2.81. The molecule has 1 unspecified atom stereocenters. The number of hydrogen-bond donors (Lipinski definition) is 1. The van der Waals surface area contributed by atoms with Crippen LogP contribution in [0.1, 0.15) is 26.7 Å². The largest absolute Gasteiger partial charge is 0.388 e. The van der Waals surface area contributed by atoms with Crippen molar-refractivity contribution >= 4 is 0 Å². The van der Waals surface area contributed by atoms with Crippen molar-refractivity contribution in [1.82, 2.24) is 14.8 Å². The van der Waals surface area contributed by atoms with E-state index in [0.29, 0.717) is 6.54 Å². The van der Waals surface area contributed by atoms with E-state index in [4.69, 9.17) is 0 Å². The first-order chi connectivity index (χ1) is 5.64. The predicted molar refractivity (Wildman–Crippen MR) is 45.6 cm³/mol. The third kappa shape index (κ3) is 2.62. The molecule has 0 saturated heterocycles. The summed E-state index contributed by atoms with van der Waals surface area (Å²) in [4.78, 5) is 0. The van der Waals surface area contributed by atoms with Gasteiger partial charge in [-0.3, -0.25) is 0 Å². The Balaban J connectivity index is 2.50. The lowest BCUT2D eigenvalue weighted by molar-refractivity contribution is 0.0323. The molecule has 4 heteroatoms. The van der Waals surface area contributed by atoms with E-state index in [1.54, 1.807) is 17.2 Å². The first-order valence-corrected chi connectivity index (χ1v) is 4.19. The van der Waals surface area contributed by atoms with E-state index in [0.717, 1.165) is 12.8 Å². The Bertz CT molecular complexity index is 218. The average Bonchev–Trinajstić information content (AvgIpc) is 2.38. The summed E-state index contributed by atoms with van der Waals surface area (Å²) in [6, 6.07) is 0. The molecule has 12 heavy (non-hydrogen) atoms. The topological polar surface area (TPSA) is 50.9 Å². The quantitative estimate of drug-likeness (QED) is 0.726. The Morgan fingerprint density at radius 3 is 2.50 bits per heavy atom. The molecule has 1 rings (SSSR count). The molecule has 1 heterocycles. The van der Waals surface area contributed by atoms with Gasteiger partial charge in [0.25, 0.3) is 0 Å². The molecule has 1 aromatic heterocycles.